The largest absolute Gasteiger partial charge is 0.456 e. The van der Waals surface area contributed by atoms with Gasteiger partial charge in [0.25, 0.3) is 5.91 Å². The van der Waals surface area contributed by atoms with Gasteiger partial charge in [0.15, 0.2) is 0 Å². The van der Waals surface area contributed by atoms with Crippen LogP contribution in [0.2, 0.25) is 0 Å². The molecular formula is C19H18N2O3. The van der Waals surface area contributed by atoms with Crippen LogP contribution in [0.3, 0.4) is 0 Å². The molecule has 0 aliphatic heterocycles. The fraction of sp³-hybridized carbons (Fsp3) is 0.211. The molecule has 0 spiro atoms. The van der Waals surface area contributed by atoms with Gasteiger partial charge < -0.3 is 10.1 Å². The first kappa shape index (κ1) is 17.2. The maximum atomic E-state index is 12.1. The smallest absolute Gasteiger partial charge is 0.338 e. The molecule has 0 atom stereocenters. The Hall–Kier alpha value is -3.13. The Morgan fingerprint density at radius 3 is 2.00 bits per heavy atom. The molecule has 2 rings (SSSR count). The molecule has 0 saturated carbocycles. The van der Waals surface area contributed by atoms with Crippen molar-refractivity contribution >= 4 is 17.6 Å². The van der Waals surface area contributed by atoms with Crippen molar-refractivity contribution in [1.29, 1.82) is 5.26 Å². The Bertz CT molecular complexity index is 779. The zero-order chi connectivity index (χ0) is 17.7. The summed E-state index contributed by atoms with van der Waals surface area (Å²) >= 11 is 0. The fourth-order valence-electron chi connectivity index (χ4n) is 1.93. The number of nitrogens with zero attached hydrogens (tertiary/aromatic N) is 1. The molecule has 0 unspecified atom stereocenters. The van der Waals surface area contributed by atoms with E-state index >= 15 is 0 Å². The summed E-state index contributed by atoms with van der Waals surface area (Å²) in [5.41, 5.74) is 1.37. The standard InChI is InChI=1S/C19H18N2O3/c1-19(2,3)24-18(23)15-8-10-16(11-9-15)21-17(22)14-6-4-13(12-20)5-7-14/h4-11H,1-3H3,(H,21,22). The second kappa shape index (κ2) is 6.97. The number of ether oxygens (including phenoxy) is 1. The first-order chi connectivity index (χ1) is 11.3. The fourth-order valence-corrected chi connectivity index (χ4v) is 1.93. The van der Waals surface area contributed by atoms with Gasteiger partial charge in [-0.15, -0.1) is 0 Å². The van der Waals surface area contributed by atoms with E-state index in [1.807, 2.05) is 6.07 Å². The van der Waals surface area contributed by atoms with E-state index in [2.05, 4.69) is 5.32 Å². The van der Waals surface area contributed by atoms with Gasteiger partial charge in [0.05, 0.1) is 17.2 Å². The molecule has 5 heteroatoms. The van der Waals surface area contributed by atoms with E-state index in [0.717, 1.165) is 0 Å². The van der Waals surface area contributed by atoms with Gasteiger partial charge in [0.2, 0.25) is 0 Å². The molecule has 1 amide bonds. The topological polar surface area (TPSA) is 79.2 Å². The van der Waals surface area contributed by atoms with E-state index in [9.17, 15) is 9.59 Å². The molecule has 0 aliphatic carbocycles. The summed E-state index contributed by atoms with van der Waals surface area (Å²) < 4.78 is 5.28. The lowest BCUT2D eigenvalue weighted by Crippen LogP contribution is -2.23. The third-order valence-electron chi connectivity index (χ3n) is 3.05. The van der Waals surface area contributed by atoms with Gasteiger partial charge in [-0.3, -0.25) is 4.79 Å². The van der Waals surface area contributed by atoms with Gasteiger partial charge >= 0.3 is 5.97 Å². The van der Waals surface area contributed by atoms with Crippen molar-refractivity contribution in [2.45, 2.75) is 26.4 Å². The molecule has 2 aromatic rings. The molecular weight excluding hydrogens is 304 g/mol. The number of anilines is 1. The van der Waals surface area contributed by atoms with Crippen LogP contribution in [0.25, 0.3) is 0 Å². The minimum Gasteiger partial charge on any atom is -0.456 e. The van der Waals surface area contributed by atoms with Gasteiger partial charge in [0, 0.05) is 11.3 Å². The van der Waals surface area contributed by atoms with Gasteiger partial charge in [-0.2, -0.15) is 5.26 Å². The summed E-state index contributed by atoms with van der Waals surface area (Å²) in [6, 6.07) is 14.8. The van der Waals surface area contributed by atoms with Crippen LogP contribution < -0.4 is 5.32 Å². The van der Waals surface area contributed by atoms with Crippen LogP contribution in [0.5, 0.6) is 0 Å². The number of amides is 1. The third kappa shape index (κ3) is 4.68. The van der Waals surface area contributed by atoms with Gasteiger partial charge in [0.1, 0.15) is 5.60 Å². The minimum absolute atomic E-state index is 0.287. The van der Waals surface area contributed by atoms with Crippen LogP contribution >= 0.6 is 0 Å². The van der Waals surface area contributed by atoms with Gasteiger partial charge in [-0.1, -0.05) is 0 Å². The number of carbonyl (C=O) groups is 2. The number of hydrogen-bond donors (Lipinski definition) is 1. The van der Waals surface area contributed by atoms with E-state index in [0.29, 0.717) is 22.4 Å². The number of esters is 1. The van der Waals surface area contributed by atoms with E-state index in [1.54, 1.807) is 69.3 Å². The number of hydrogen-bond acceptors (Lipinski definition) is 4. The average molecular weight is 322 g/mol. The molecule has 0 saturated heterocycles. The normalized spacial score (nSPS) is 10.6. The predicted octanol–water partition coefficient (Wildman–Crippen LogP) is 3.77. The summed E-state index contributed by atoms with van der Waals surface area (Å²) in [5.74, 6) is -0.697. The molecule has 0 heterocycles. The van der Waals surface area contributed by atoms with E-state index in [1.165, 1.54) is 0 Å². The lowest BCUT2D eigenvalue weighted by atomic mass is 10.1. The van der Waals surface area contributed by atoms with Crippen molar-refractivity contribution in [1.82, 2.24) is 0 Å². The van der Waals surface area contributed by atoms with Gasteiger partial charge in [-0.05, 0) is 69.3 Å². The van der Waals surface area contributed by atoms with Crippen molar-refractivity contribution in [3.63, 3.8) is 0 Å². The van der Waals surface area contributed by atoms with Crippen LogP contribution in [0.1, 0.15) is 47.1 Å². The molecule has 5 nitrogen and oxygen atoms in total. The molecule has 24 heavy (non-hydrogen) atoms. The highest BCUT2D eigenvalue weighted by Crippen LogP contribution is 2.15. The molecule has 0 aromatic heterocycles. The van der Waals surface area contributed by atoms with Crippen molar-refractivity contribution < 1.29 is 14.3 Å². The van der Waals surface area contributed by atoms with Crippen LogP contribution in [-0.4, -0.2) is 17.5 Å². The van der Waals surface area contributed by atoms with Crippen molar-refractivity contribution in [2.24, 2.45) is 0 Å². The number of rotatable bonds is 3. The van der Waals surface area contributed by atoms with E-state index in [-0.39, 0.29) is 5.91 Å². The number of carbonyl (C=O) groups excluding carboxylic acids is 2. The Kier molecular flexibility index (Phi) is 5.00. The zero-order valence-corrected chi connectivity index (χ0v) is 13.8. The van der Waals surface area contributed by atoms with Crippen LogP contribution in [0.15, 0.2) is 48.5 Å². The Labute approximate surface area is 140 Å². The maximum absolute atomic E-state index is 12.1. The quantitative estimate of drug-likeness (QED) is 0.872. The lowest BCUT2D eigenvalue weighted by Gasteiger charge is -2.19. The number of nitriles is 1. The molecule has 0 fully saturated rings. The second-order valence-electron chi connectivity index (χ2n) is 6.22. The molecule has 0 radical (unpaired) electrons. The average Bonchev–Trinajstić information content (AvgIpc) is 2.54. The summed E-state index contributed by atoms with van der Waals surface area (Å²) in [7, 11) is 0. The summed E-state index contributed by atoms with van der Waals surface area (Å²) in [5, 5.41) is 11.5. The monoisotopic (exact) mass is 322 g/mol. The Morgan fingerprint density at radius 2 is 1.50 bits per heavy atom. The molecule has 0 bridgehead atoms. The lowest BCUT2D eigenvalue weighted by molar-refractivity contribution is 0.00695. The maximum Gasteiger partial charge on any atom is 0.338 e. The molecule has 0 aliphatic rings. The van der Waals surface area contributed by atoms with E-state index < -0.39 is 11.6 Å². The molecule has 1 N–H and O–H groups in total. The highest BCUT2D eigenvalue weighted by molar-refractivity contribution is 6.04. The van der Waals surface area contributed by atoms with E-state index in [4.69, 9.17) is 10.00 Å². The predicted molar refractivity (Wildman–Crippen MR) is 90.7 cm³/mol. The van der Waals surface area contributed by atoms with Crippen LogP contribution in [-0.2, 0) is 4.74 Å². The molecule has 2 aromatic carbocycles. The second-order valence-corrected chi connectivity index (χ2v) is 6.22. The zero-order valence-electron chi connectivity index (χ0n) is 13.8. The van der Waals surface area contributed by atoms with Crippen LogP contribution in [0, 0.1) is 11.3 Å². The first-order valence-corrected chi connectivity index (χ1v) is 7.43. The highest BCUT2D eigenvalue weighted by atomic mass is 16.6. The third-order valence-corrected chi connectivity index (χ3v) is 3.05. The number of benzene rings is 2. The summed E-state index contributed by atoms with van der Waals surface area (Å²) in [6.45, 7) is 5.41. The van der Waals surface area contributed by atoms with Crippen molar-refractivity contribution in [3.8, 4) is 6.07 Å². The Balaban J connectivity index is 2.04. The number of nitrogens with one attached hydrogen (secondary N) is 1. The Morgan fingerprint density at radius 1 is 0.958 bits per heavy atom. The molecule has 122 valence electrons. The van der Waals surface area contributed by atoms with Gasteiger partial charge in [-0.25, -0.2) is 4.79 Å². The van der Waals surface area contributed by atoms with Crippen molar-refractivity contribution in [2.75, 3.05) is 5.32 Å². The highest BCUT2D eigenvalue weighted by Gasteiger charge is 2.17. The SMILES string of the molecule is CC(C)(C)OC(=O)c1ccc(NC(=O)c2ccc(C#N)cc2)cc1. The van der Waals surface area contributed by atoms with Crippen molar-refractivity contribution in [3.05, 3.63) is 65.2 Å². The first-order valence-electron chi connectivity index (χ1n) is 7.43. The minimum atomic E-state index is -0.556. The van der Waals surface area contributed by atoms with Crippen LogP contribution in [0.4, 0.5) is 5.69 Å². The summed E-state index contributed by atoms with van der Waals surface area (Å²) in [4.78, 5) is 24.1. The summed E-state index contributed by atoms with van der Waals surface area (Å²) in [6.07, 6.45) is 0.